The van der Waals surface area contributed by atoms with Crippen LogP contribution in [0.3, 0.4) is 0 Å². The van der Waals surface area contributed by atoms with Crippen LogP contribution >= 0.6 is 0 Å². The summed E-state index contributed by atoms with van der Waals surface area (Å²) in [5.74, 6) is -0.235. The van der Waals surface area contributed by atoms with E-state index in [1.807, 2.05) is 38.1 Å². The number of ether oxygens (including phenoxy) is 2. The lowest BCUT2D eigenvalue weighted by atomic mass is 9.81. The van der Waals surface area contributed by atoms with Crippen LogP contribution in [0, 0.1) is 19.8 Å². The Hall–Kier alpha value is -3.36. The number of aryl methyl sites for hydroxylation is 2. The van der Waals surface area contributed by atoms with Gasteiger partial charge in [0, 0.05) is 29.5 Å². The molecule has 8 heteroatoms. The third-order valence-electron chi connectivity index (χ3n) is 6.97. The van der Waals surface area contributed by atoms with E-state index >= 15 is 0 Å². The summed E-state index contributed by atoms with van der Waals surface area (Å²) >= 11 is 0. The van der Waals surface area contributed by atoms with Gasteiger partial charge in [-0.25, -0.2) is 13.2 Å². The zero-order valence-corrected chi connectivity index (χ0v) is 20.7. The fraction of sp³-hybridized carbons (Fsp3) is 0.296. The van der Waals surface area contributed by atoms with Crippen molar-refractivity contribution in [1.82, 2.24) is 0 Å². The average molecular weight is 493 g/mol. The predicted molar refractivity (Wildman–Crippen MR) is 134 cm³/mol. The van der Waals surface area contributed by atoms with Gasteiger partial charge in [0.1, 0.15) is 0 Å². The summed E-state index contributed by atoms with van der Waals surface area (Å²) in [5.41, 5.74) is 5.89. The van der Waals surface area contributed by atoms with E-state index in [0.29, 0.717) is 17.9 Å². The average Bonchev–Trinajstić information content (AvgIpc) is 3.35. The quantitative estimate of drug-likeness (QED) is 0.480. The molecule has 1 saturated heterocycles. The van der Waals surface area contributed by atoms with Crippen LogP contribution in [0.4, 0.5) is 11.4 Å². The number of sulfonamides is 1. The number of esters is 1. The summed E-state index contributed by atoms with van der Waals surface area (Å²) in [6, 6.07) is 18.0. The number of nitrogens with one attached hydrogen (secondary N) is 2. The number of rotatable bonds is 5. The lowest BCUT2D eigenvalue weighted by Gasteiger charge is -2.36. The van der Waals surface area contributed by atoms with Crippen molar-refractivity contribution in [2.45, 2.75) is 37.3 Å². The van der Waals surface area contributed by atoms with E-state index in [1.165, 1.54) is 7.11 Å². The molecule has 2 unspecified atom stereocenters. The van der Waals surface area contributed by atoms with Crippen LogP contribution in [0.1, 0.15) is 51.2 Å². The molecule has 0 saturated carbocycles. The van der Waals surface area contributed by atoms with Gasteiger partial charge in [-0.15, -0.1) is 0 Å². The fourth-order valence-corrected chi connectivity index (χ4v) is 6.00. The van der Waals surface area contributed by atoms with Crippen molar-refractivity contribution in [2.24, 2.45) is 5.92 Å². The van der Waals surface area contributed by atoms with Crippen molar-refractivity contribution in [3.63, 3.8) is 0 Å². The largest absolute Gasteiger partial charge is 0.465 e. The molecule has 182 valence electrons. The zero-order valence-electron chi connectivity index (χ0n) is 19.9. The molecule has 0 aliphatic carbocycles. The number of carbonyl (C=O) groups excluding carboxylic acids is 1. The molecule has 0 bridgehead atoms. The highest BCUT2D eigenvalue weighted by molar-refractivity contribution is 7.92. The molecule has 5 rings (SSSR count). The third-order valence-corrected chi connectivity index (χ3v) is 8.35. The van der Waals surface area contributed by atoms with Gasteiger partial charge in [0.05, 0.1) is 29.7 Å². The van der Waals surface area contributed by atoms with Crippen molar-refractivity contribution in [3.8, 4) is 0 Å². The van der Waals surface area contributed by atoms with Gasteiger partial charge in [-0.2, -0.15) is 0 Å². The summed E-state index contributed by atoms with van der Waals surface area (Å²) in [5, 5.41) is 3.58. The highest BCUT2D eigenvalue weighted by atomic mass is 32.2. The van der Waals surface area contributed by atoms with Crippen LogP contribution in [0.25, 0.3) is 0 Å². The molecule has 0 spiro atoms. The maximum absolute atomic E-state index is 13.2. The van der Waals surface area contributed by atoms with Gasteiger partial charge < -0.3 is 14.8 Å². The third kappa shape index (κ3) is 4.39. The van der Waals surface area contributed by atoms with Crippen LogP contribution in [0.15, 0.2) is 65.6 Å². The number of methoxy groups -OCH3 is 1. The highest BCUT2D eigenvalue weighted by Gasteiger charge is 2.42. The van der Waals surface area contributed by atoms with Gasteiger partial charge >= 0.3 is 5.97 Å². The standard InChI is InChI=1S/C27H28N2O5S/c1-16-4-9-20(14-17(16)2)29-35(31,32)21-10-11-24-23(15-21)26-22(12-13-34-26)25(28-24)18-5-7-19(8-6-18)27(30)33-3/h4-11,14-15,22,25-26,28-29H,12-13H2,1-3H3/t22?,25-,26?/m1/s1. The minimum Gasteiger partial charge on any atom is -0.465 e. The molecule has 2 aliphatic heterocycles. The minimum absolute atomic E-state index is 0.0159. The minimum atomic E-state index is -3.76. The molecule has 2 aliphatic rings. The van der Waals surface area contributed by atoms with Gasteiger partial charge in [-0.05, 0) is 79.4 Å². The summed E-state index contributed by atoms with van der Waals surface area (Å²) < 4.78 is 39.9. The maximum atomic E-state index is 13.2. The smallest absolute Gasteiger partial charge is 0.337 e. The number of hydrogen-bond acceptors (Lipinski definition) is 6. The van der Waals surface area contributed by atoms with E-state index in [4.69, 9.17) is 9.47 Å². The van der Waals surface area contributed by atoms with E-state index in [-0.39, 0.29) is 28.9 Å². The van der Waals surface area contributed by atoms with Crippen LogP contribution in [0.2, 0.25) is 0 Å². The van der Waals surface area contributed by atoms with Crippen molar-refractivity contribution < 1.29 is 22.7 Å². The number of hydrogen-bond donors (Lipinski definition) is 2. The first kappa shape index (κ1) is 23.4. The van der Waals surface area contributed by atoms with Gasteiger partial charge in [-0.3, -0.25) is 4.72 Å². The second kappa shape index (κ2) is 9.02. The molecule has 3 aromatic carbocycles. The van der Waals surface area contributed by atoms with Gasteiger partial charge in [0.2, 0.25) is 0 Å². The molecule has 2 heterocycles. The van der Waals surface area contributed by atoms with Crippen LogP contribution in [-0.4, -0.2) is 28.1 Å². The van der Waals surface area contributed by atoms with Crippen LogP contribution in [0.5, 0.6) is 0 Å². The first-order chi connectivity index (χ1) is 16.8. The Labute approximate surface area is 205 Å². The first-order valence-corrected chi connectivity index (χ1v) is 13.1. The number of benzene rings is 3. The Kier molecular flexibility index (Phi) is 6.02. The van der Waals surface area contributed by atoms with E-state index < -0.39 is 10.0 Å². The Morgan fingerprint density at radius 3 is 2.51 bits per heavy atom. The summed E-state index contributed by atoms with van der Waals surface area (Å²) in [6.45, 7) is 4.54. The van der Waals surface area contributed by atoms with Crippen molar-refractivity contribution in [1.29, 1.82) is 0 Å². The van der Waals surface area contributed by atoms with Crippen LogP contribution < -0.4 is 10.0 Å². The lowest BCUT2D eigenvalue weighted by Crippen LogP contribution is -2.29. The maximum Gasteiger partial charge on any atom is 0.337 e. The second-order valence-corrected chi connectivity index (χ2v) is 10.8. The fourth-order valence-electron chi connectivity index (χ4n) is 4.91. The molecule has 7 nitrogen and oxygen atoms in total. The van der Waals surface area contributed by atoms with E-state index in [9.17, 15) is 13.2 Å². The molecule has 0 aromatic heterocycles. The van der Waals surface area contributed by atoms with Gasteiger partial charge in [0.15, 0.2) is 0 Å². The monoisotopic (exact) mass is 492 g/mol. The Morgan fingerprint density at radius 2 is 1.80 bits per heavy atom. The molecule has 2 N–H and O–H groups in total. The zero-order chi connectivity index (χ0) is 24.7. The van der Waals surface area contributed by atoms with Crippen LogP contribution in [-0.2, 0) is 19.5 Å². The molecular formula is C27H28N2O5S. The topological polar surface area (TPSA) is 93.7 Å². The molecule has 0 radical (unpaired) electrons. The second-order valence-electron chi connectivity index (χ2n) is 9.13. The SMILES string of the molecule is COC(=O)c1ccc([C@H]2Nc3ccc(S(=O)(=O)Nc4ccc(C)c(C)c4)cc3C3OCCC32)cc1. The molecule has 35 heavy (non-hydrogen) atoms. The van der Waals surface area contributed by atoms with Crippen molar-refractivity contribution >= 4 is 27.4 Å². The lowest BCUT2D eigenvalue weighted by molar-refractivity contribution is 0.0600. The van der Waals surface area contributed by atoms with Gasteiger partial charge in [0.25, 0.3) is 10.0 Å². The molecular weight excluding hydrogens is 464 g/mol. The normalized spacial score (nSPS) is 20.9. The number of fused-ring (bicyclic) bond motifs is 3. The first-order valence-electron chi connectivity index (χ1n) is 11.6. The van der Waals surface area contributed by atoms with Gasteiger partial charge in [-0.1, -0.05) is 18.2 Å². The summed E-state index contributed by atoms with van der Waals surface area (Å²) in [6.07, 6.45) is 0.631. The van der Waals surface area contributed by atoms with E-state index in [0.717, 1.165) is 34.4 Å². The molecule has 0 amide bonds. The van der Waals surface area contributed by atoms with E-state index in [1.54, 1.807) is 36.4 Å². The van der Waals surface area contributed by atoms with E-state index in [2.05, 4.69) is 10.0 Å². The summed E-state index contributed by atoms with van der Waals surface area (Å²) in [4.78, 5) is 12.0. The Morgan fingerprint density at radius 1 is 1.03 bits per heavy atom. The summed E-state index contributed by atoms with van der Waals surface area (Å²) in [7, 11) is -2.40. The molecule has 3 aromatic rings. The Bertz CT molecular complexity index is 1390. The molecule has 1 fully saturated rings. The Balaban J connectivity index is 1.44. The number of anilines is 2. The number of carbonyl (C=O) groups is 1. The highest BCUT2D eigenvalue weighted by Crippen LogP contribution is 2.50. The predicted octanol–water partition coefficient (Wildman–Crippen LogP) is 5.14. The molecule has 3 atom stereocenters. The van der Waals surface area contributed by atoms with Crippen molar-refractivity contribution in [2.75, 3.05) is 23.8 Å². The van der Waals surface area contributed by atoms with Crippen molar-refractivity contribution in [3.05, 3.63) is 88.5 Å².